The molecule has 1 unspecified atom stereocenters. The molecule has 0 heterocycles. The Morgan fingerprint density at radius 3 is 2.27 bits per heavy atom. The minimum absolute atomic E-state index is 0.00721. The van der Waals surface area contributed by atoms with E-state index in [9.17, 15) is 4.79 Å². The lowest BCUT2D eigenvalue weighted by atomic mass is 10.00. The van der Waals surface area contributed by atoms with Crippen LogP contribution in [0.25, 0.3) is 0 Å². The molecule has 0 aromatic heterocycles. The number of rotatable bonds is 4. The van der Waals surface area contributed by atoms with Crippen molar-refractivity contribution >= 4 is 33.3 Å². The number of halogens is 2. The van der Waals surface area contributed by atoms with Gasteiger partial charge in [-0.3, -0.25) is 4.79 Å². The van der Waals surface area contributed by atoms with Gasteiger partial charge in [0.25, 0.3) is 0 Å². The van der Waals surface area contributed by atoms with Crippen molar-refractivity contribution < 1.29 is 4.79 Å². The van der Waals surface area contributed by atoms with Gasteiger partial charge in [0, 0.05) is 10.9 Å². The van der Waals surface area contributed by atoms with Gasteiger partial charge in [0.05, 0.1) is 5.38 Å². The van der Waals surface area contributed by atoms with Crippen LogP contribution < -0.4 is 0 Å². The van der Waals surface area contributed by atoms with Gasteiger partial charge in [0.2, 0.25) is 0 Å². The van der Waals surface area contributed by atoms with Gasteiger partial charge < -0.3 is 0 Å². The largest absolute Gasteiger partial charge is 0.292 e. The number of carbonyl (C=O) groups is 1. The van der Waals surface area contributed by atoms with E-state index in [-0.39, 0.29) is 11.7 Å². The Kier molecular flexibility index (Phi) is 4.81. The van der Waals surface area contributed by atoms with Crippen molar-refractivity contribution in [2.24, 2.45) is 5.92 Å². The molecule has 82 valence electrons. The van der Waals surface area contributed by atoms with Crippen molar-refractivity contribution in [3.63, 3.8) is 0 Å². The Labute approximate surface area is 104 Å². The summed E-state index contributed by atoms with van der Waals surface area (Å²) in [5.41, 5.74) is 1.84. The second-order valence-corrected chi connectivity index (χ2v) is 4.87. The predicted molar refractivity (Wildman–Crippen MR) is 67.9 cm³/mol. The lowest BCUT2D eigenvalue weighted by molar-refractivity contribution is 0.0972. The van der Waals surface area contributed by atoms with Crippen molar-refractivity contribution in [3.8, 4) is 0 Å². The van der Waals surface area contributed by atoms with E-state index in [1.807, 2.05) is 38.1 Å². The molecular formula is C12H14BrClO. The quantitative estimate of drug-likeness (QED) is 0.604. The fourth-order valence-electron chi connectivity index (χ4n) is 1.22. The van der Waals surface area contributed by atoms with E-state index in [0.717, 1.165) is 10.9 Å². The SMILES string of the molecule is CC(C)C(Cl)C(=O)c1ccc(CBr)cc1. The molecule has 0 aliphatic carbocycles. The average Bonchev–Trinajstić information content (AvgIpc) is 2.27. The lowest BCUT2D eigenvalue weighted by Gasteiger charge is -2.11. The molecule has 0 aliphatic heterocycles. The highest BCUT2D eigenvalue weighted by Crippen LogP contribution is 2.17. The molecule has 0 amide bonds. The van der Waals surface area contributed by atoms with Crippen LogP contribution in [0.15, 0.2) is 24.3 Å². The number of Topliss-reactive ketones (excluding diaryl/α,β-unsaturated/α-hetero) is 1. The third-order valence-corrected chi connectivity index (χ3v) is 3.58. The lowest BCUT2D eigenvalue weighted by Crippen LogP contribution is -2.20. The first-order valence-corrected chi connectivity index (χ1v) is 6.45. The number of hydrogen-bond donors (Lipinski definition) is 0. The molecule has 1 atom stereocenters. The summed E-state index contributed by atoms with van der Waals surface area (Å²) in [6, 6.07) is 7.53. The molecule has 0 saturated carbocycles. The molecule has 0 fully saturated rings. The monoisotopic (exact) mass is 288 g/mol. The summed E-state index contributed by atoms with van der Waals surface area (Å²) in [7, 11) is 0. The number of alkyl halides is 2. The first-order valence-electron chi connectivity index (χ1n) is 4.89. The van der Waals surface area contributed by atoms with Gasteiger partial charge in [-0.2, -0.15) is 0 Å². The molecule has 0 bridgehead atoms. The van der Waals surface area contributed by atoms with Gasteiger partial charge >= 0.3 is 0 Å². The Balaban J connectivity index is 2.83. The van der Waals surface area contributed by atoms with Gasteiger partial charge in [0.15, 0.2) is 5.78 Å². The number of carbonyl (C=O) groups excluding carboxylic acids is 1. The molecule has 0 aliphatic rings. The Morgan fingerprint density at radius 2 is 1.87 bits per heavy atom. The third-order valence-electron chi connectivity index (χ3n) is 2.23. The Morgan fingerprint density at radius 1 is 1.33 bits per heavy atom. The maximum Gasteiger partial charge on any atom is 0.180 e. The number of ketones is 1. The van der Waals surface area contributed by atoms with Gasteiger partial charge in [-0.25, -0.2) is 0 Å². The summed E-state index contributed by atoms with van der Waals surface area (Å²) < 4.78 is 0. The van der Waals surface area contributed by atoms with Gasteiger partial charge in [-0.05, 0) is 11.5 Å². The minimum atomic E-state index is -0.431. The summed E-state index contributed by atoms with van der Waals surface area (Å²) >= 11 is 9.38. The zero-order chi connectivity index (χ0) is 11.4. The van der Waals surface area contributed by atoms with Gasteiger partial charge in [0.1, 0.15) is 0 Å². The first kappa shape index (κ1) is 12.7. The maximum absolute atomic E-state index is 11.8. The summed E-state index contributed by atoms with van der Waals surface area (Å²) in [4.78, 5) is 11.8. The molecule has 0 saturated heterocycles. The molecular weight excluding hydrogens is 275 g/mol. The van der Waals surface area contributed by atoms with E-state index in [1.54, 1.807) is 0 Å². The van der Waals surface area contributed by atoms with Crippen molar-refractivity contribution in [2.75, 3.05) is 0 Å². The van der Waals surface area contributed by atoms with Gasteiger partial charge in [-0.15, -0.1) is 11.6 Å². The fourth-order valence-corrected chi connectivity index (χ4v) is 1.72. The summed E-state index contributed by atoms with van der Waals surface area (Å²) in [5, 5.41) is 0.371. The van der Waals surface area contributed by atoms with Crippen LogP contribution in [0.5, 0.6) is 0 Å². The van der Waals surface area contributed by atoms with Crippen LogP contribution in [0.1, 0.15) is 29.8 Å². The van der Waals surface area contributed by atoms with E-state index in [1.165, 1.54) is 0 Å². The third kappa shape index (κ3) is 3.32. The second-order valence-electron chi connectivity index (χ2n) is 3.84. The number of benzene rings is 1. The molecule has 0 spiro atoms. The summed E-state index contributed by atoms with van der Waals surface area (Å²) in [6.07, 6.45) is 0. The molecule has 15 heavy (non-hydrogen) atoms. The van der Waals surface area contributed by atoms with Gasteiger partial charge in [-0.1, -0.05) is 54.0 Å². The van der Waals surface area contributed by atoms with Crippen LogP contribution in [0.4, 0.5) is 0 Å². The van der Waals surface area contributed by atoms with E-state index in [2.05, 4.69) is 15.9 Å². The van der Waals surface area contributed by atoms with Crippen LogP contribution in [0.2, 0.25) is 0 Å². The maximum atomic E-state index is 11.8. The Bertz CT molecular complexity index is 332. The Hall–Kier alpha value is -0.340. The van der Waals surface area contributed by atoms with Crippen molar-refractivity contribution in [2.45, 2.75) is 24.6 Å². The second kappa shape index (κ2) is 5.66. The molecule has 0 radical (unpaired) electrons. The van der Waals surface area contributed by atoms with E-state index >= 15 is 0 Å². The zero-order valence-electron chi connectivity index (χ0n) is 8.84. The molecule has 3 heteroatoms. The van der Waals surface area contributed by atoms with E-state index in [0.29, 0.717) is 5.56 Å². The molecule has 0 N–H and O–H groups in total. The summed E-state index contributed by atoms with van der Waals surface area (Å²) in [5.74, 6) is 0.169. The zero-order valence-corrected chi connectivity index (χ0v) is 11.2. The topological polar surface area (TPSA) is 17.1 Å². The van der Waals surface area contributed by atoms with Crippen LogP contribution >= 0.6 is 27.5 Å². The minimum Gasteiger partial charge on any atom is -0.292 e. The number of hydrogen-bond acceptors (Lipinski definition) is 1. The van der Waals surface area contributed by atoms with Crippen molar-refractivity contribution in [3.05, 3.63) is 35.4 Å². The highest BCUT2D eigenvalue weighted by atomic mass is 79.9. The first-order chi connectivity index (χ1) is 7.06. The van der Waals surface area contributed by atoms with Crippen LogP contribution in [-0.2, 0) is 5.33 Å². The normalized spacial score (nSPS) is 12.9. The van der Waals surface area contributed by atoms with Crippen molar-refractivity contribution in [1.82, 2.24) is 0 Å². The highest BCUT2D eigenvalue weighted by molar-refractivity contribution is 9.08. The predicted octanol–water partition coefficient (Wildman–Crippen LogP) is 4.03. The van der Waals surface area contributed by atoms with Crippen LogP contribution in [-0.4, -0.2) is 11.2 Å². The van der Waals surface area contributed by atoms with E-state index < -0.39 is 5.38 Å². The molecule has 1 rings (SSSR count). The average molecular weight is 290 g/mol. The van der Waals surface area contributed by atoms with Crippen LogP contribution in [0.3, 0.4) is 0 Å². The fraction of sp³-hybridized carbons (Fsp3) is 0.417. The molecule has 1 aromatic carbocycles. The van der Waals surface area contributed by atoms with Crippen LogP contribution in [0, 0.1) is 5.92 Å². The van der Waals surface area contributed by atoms with E-state index in [4.69, 9.17) is 11.6 Å². The highest BCUT2D eigenvalue weighted by Gasteiger charge is 2.20. The molecule has 1 aromatic rings. The molecule has 1 nitrogen and oxygen atoms in total. The van der Waals surface area contributed by atoms with Crippen molar-refractivity contribution in [1.29, 1.82) is 0 Å². The summed E-state index contributed by atoms with van der Waals surface area (Å²) in [6.45, 7) is 3.89. The standard InChI is InChI=1S/C12H14BrClO/c1-8(2)11(14)12(15)10-5-3-9(7-13)4-6-10/h3-6,8,11H,7H2,1-2H3. The smallest absolute Gasteiger partial charge is 0.180 e.